The molecule has 1 saturated carbocycles. The van der Waals surface area contributed by atoms with Gasteiger partial charge in [-0.25, -0.2) is 0 Å². The summed E-state index contributed by atoms with van der Waals surface area (Å²) in [5, 5.41) is 11.1. The summed E-state index contributed by atoms with van der Waals surface area (Å²) in [7, 11) is 0. The summed E-state index contributed by atoms with van der Waals surface area (Å²) < 4.78 is 0. The van der Waals surface area contributed by atoms with Crippen LogP contribution in [0.1, 0.15) is 90.9 Å². The summed E-state index contributed by atoms with van der Waals surface area (Å²) >= 11 is 0. The second kappa shape index (κ2) is 14.2. The molecule has 210 valence electrons. The van der Waals surface area contributed by atoms with E-state index in [1.165, 1.54) is 85.1 Å². The molecule has 39 heavy (non-hydrogen) atoms. The van der Waals surface area contributed by atoms with Gasteiger partial charge in [-0.3, -0.25) is 0 Å². The molecule has 3 heteroatoms. The molecule has 4 atom stereocenters. The third-order valence-corrected chi connectivity index (χ3v) is 9.66. The van der Waals surface area contributed by atoms with E-state index in [2.05, 4.69) is 90.7 Å². The minimum absolute atomic E-state index is 0.431. The van der Waals surface area contributed by atoms with Crippen molar-refractivity contribution in [1.82, 2.24) is 16.0 Å². The SMILES string of the molecule is C/C(C1=CCCC=C1)=C(\CCCNC1C=CC(C2=CNCC=C2)=CC1)NC1=CCC(C2CCCCC2C)CC1. The van der Waals surface area contributed by atoms with E-state index in [9.17, 15) is 0 Å². The van der Waals surface area contributed by atoms with Crippen LogP contribution in [-0.4, -0.2) is 19.1 Å². The zero-order chi connectivity index (χ0) is 26.9. The number of allylic oxidation sites excluding steroid dienone is 12. The Labute approximate surface area is 238 Å². The number of hydrogen-bond acceptors (Lipinski definition) is 3. The van der Waals surface area contributed by atoms with Gasteiger partial charge in [-0.05, 0) is 111 Å². The van der Waals surface area contributed by atoms with E-state index in [1.54, 1.807) is 0 Å². The molecule has 0 saturated heterocycles. The first-order valence-corrected chi connectivity index (χ1v) is 15.9. The van der Waals surface area contributed by atoms with Gasteiger partial charge in [-0.2, -0.15) is 0 Å². The lowest BCUT2D eigenvalue weighted by Crippen LogP contribution is -2.30. The van der Waals surface area contributed by atoms with Crippen LogP contribution in [0.4, 0.5) is 0 Å². The van der Waals surface area contributed by atoms with Gasteiger partial charge in [0.15, 0.2) is 0 Å². The molecule has 1 heterocycles. The first kappa shape index (κ1) is 28.0. The zero-order valence-corrected chi connectivity index (χ0v) is 24.5. The maximum atomic E-state index is 3.96. The van der Waals surface area contributed by atoms with Crippen molar-refractivity contribution in [2.24, 2.45) is 17.8 Å². The fourth-order valence-corrected chi connectivity index (χ4v) is 7.19. The summed E-state index contributed by atoms with van der Waals surface area (Å²) in [6.45, 7) is 6.80. The molecule has 4 unspecified atom stereocenters. The van der Waals surface area contributed by atoms with Crippen molar-refractivity contribution in [1.29, 1.82) is 0 Å². The van der Waals surface area contributed by atoms with Crippen LogP contribution >= 0.6 is 0 Å². The Bertz CT molecular complexity index is 1090. The quantitative estimate of drug-likeness (QED) is 0.251. The molecule has 0 aromatic heterocycles. The highest BCUT2D eigenvalue weighted by Gasteiger charge is 2.30. The van der Waals surface area contributed by atoms with Crippen LogP contribution in [0.15, 0.2) is 94.6 Å². The van der Waals surface area contributed by atoms with Gasteiger partial charge in [-0.1, -0.05) is 80.9 Å². The predicted octanol–water partition coefficient (Wildman–Crippen LogP) is 8.30. The highest BCUT2D eigenvalue weighted by Crippen LogP contribution is 2.41. The standard InChI is InChI=1S/C36H51N3/c1-27-10-6-7-14-35(27)31-18-22-34(23-19-31)39-36(28(2)29-11-4-3-5-12-29)15-9-25-38-33-20-16-30(17-21-33)32-13-8-24-37-26-32/h4,8,11-13,16-17,20,22,26-27,31,33,35,37-39H,3,5-7,9-10,14-15,18-19,21,23-25H2,1-2H3/b36-28-. The van der Waals surface area contributed by atoms with E-state index >= 15 is 0 Å². The van der Waals surface area contributed by atoms with Crippen molar-refractivity contribution in [3.63, 3.8) is 0 Å². The van der Waals surface area contributed by atoms with Gasteiger partial charge in [-0.15, -0.1) is 0 Å². The Morgan fingerprint density at radius 1 is 0.949 bits per heavy atom. The van der Waals surface area contributed by atoms with Crippen molar-refractivity contribution in [2.75, 3.05) is 13.1 Å². The van der Waals surface area contributed by atoms with Crippen LogP contribution in [0, 0.1) is 17.8 Å². The second-order valence-corrected chi connectivity index (χ2v) is 12.4. The lowest BCUT2D eigenvalue weighted by Gasteiger charge is -2.37. The highest BCUT2D eigenvalue weighted by molar-refractivity contribution is 5.49. The predicted molar refractivity (Wildman–Crippen MR) is 167 cm³/mol. The minimum atomic E-state index is 0.431. The number of hydrogen-bond donors (Lipinski definition) is 3. The molecule has 4 aliphatic carbocycles. The van der Waals surface area contributed by atoms with E-state index in [0.717, 1.165) is 56.5 Å². The Morgan fingerprint density at radius 2 is 1.87 bits per heavy atom. The van der Waals surface area contributed by atoms with Gasteiger partial charge in [0, 0.05) is 30.2 Å². The maximum absolute atomic E-state index is 3.96. The molecule has 0 amide bonds. The normalized spacial score (nSPS) is 29.5. The minimum Gasteiger partial charge on any atom is -0.387 e. The fourth-order valence-electron chi connectivity index (χ4n) is 7.19. The third kappa shape index (κ3) is 7.78. The van der Waals surface area contributed by atoms with Crippen LogP contribution in [0.3, 0.4) is 0 Å². The Balaban J connectivity index is 1.14. The van der Waals surface area contributed by atoms with Crippen molar-refractivity contribution >= 4 is 0 Å². The van der Waals surface area contributed by atoms with Crippen LogP contribution in [0.25, 0.3) is 0 Å². The van der Waals surface area contributed by atoms with Gasteiger partial charge in [0.05, 0.1) is 0 Å². The second-order valence-electron chi connectivity index (χ2n) is 12.4. The Kier molecular flexibility index (Phi) is 10.2. The van der Waals surface area contributed by atoms with Crippen LogP contribution in [0.5, 0.6) is 0 Å². The van der Waals surface area contributed by atoms with Gasteiger partial charge in [0.2, 0.25) is 0 Å². The smallest absolute Gasteiger partial charge is 0.0328 e. The average Bonchev–Trinajstić information content (AvgIpc) is 3.00. The molecule has 0 spiro atoms. The summed E-state index contributed by atoms with van der Waals surface area (Å²) in [6, 6.07) is 0.431. The summed E-state index contributed by atoms with van der Waals surface area (Å²) in [4.78, 5) is 0. The van der Waals surface area contributed by atoms with E-state index in [4.69, 9.17) is 0 Å². The summed E-state index contributed by atoms with van der Waals surface area (Å²) in [5.74, 6) is 2.76. The lowest BCUT2D eigenvalue weighted by molar-refractivity contribution is 0.162. The third-order valence-electron chi connectivity index (χ3n) is 9.66. The van der Waals surface area contributed by atoms with E-state index in [1.807, 2.05) is 0 Å². The number of rotatable bonds is 10. The molecule has 0 bridgehead atoms. The van der Waals surface area contributed by atoms with E-state index < -0.39 is 0 Å². The summed E-state index contributed by atoms with van der Waals surface area (Å²) in [6.07, 6.45) is 38.4. The lowest BCUT2D eigenvalue weighted by atomic mass is 9.69. The van der Waals surface area contributed by atoms with Crippen molar-refractivity contribution in [3.05, 3.63) is 94.6 Å². The average molecular weight is 526 g/mol. The molecular formula is C36H51N3. The molecule has 0 aromatic carbocycles. The molecule has 3 nitrogen and oxygen atoms in total. The van der Waals surface area contributed by atoms with Crippen molar-refractivity contribution < 1.29 is 0 Å². The van der Waals surface area contributed by atoms with Crippen molar-refractivity contribution in [2.45, 2.75) is 96.9 Å². The molecule has 5 aliphatic rings. The molecular weight excluding hydrogens is 474 g/mol. The number of dihydropyridines is 1. The molecule has 3 N–H and O–H groups in total. The van der Waals surface area contributed by atoms with Crippen molar-refractivity contribution in [3.8, 4) is 0 Å². The highest BCUT2D eigenvalue weighted by atomic mass is 14.9. The fraction of sp³-hybridized carbons (Fsp3) is 0.556. The van der Waals surface area contributed by atoms with E-state index in [-0.39, 0.29) is 0 Å². The van der Waals surface area contributed by atoms with Crippen LogP contribution in [0.2, 0.25) is 0 Å². The van der Waals surface area contributed by atoms with Gasteiger partial charge >= 0.3 is 0 Å². The van der Waals surface area contributed by atoms with Gasteiger partial charge < -0.3 is 16.0 Å². The molecule has 1 fully saturated rings. The van der Waals surface area contributed by atoms with Crippen LogP contribution in [-0.2, 0) is 0 Å². The van der Waals surface area contributed by atoms with Crippen LogP contribution < -0.4 is 16.0 Å². The Hall–Kier alpha value is -2.52. The molecule has 0 aromatic rings. The van der Waals surface area contributed by atoms with E-state index in [0.29, 0.717) is 6.04 Å². The maximum Gasteiger partial charge on any atom is 0.0328 e. The van der Waals surface area contributed by atoms with Gasteiger partial charge in [0.1, 0.15) is 0 Å². The molecule has 0 radical (unpaired) electrons. The number of nitrogens with one attached hydrogen (secondary N) is 3. The largest absolute Gasteiger partial charge is 0.387 e. The topological polar surface area (TPSA) is 36.1 Å². The van der Waals surface area contributed by atoms with Gasteiger partial charge in [0.25, 0.3) is 0 Å². The zero-order valence-electron chi connectivity index (χ0n) is 24.5. The first-order valence-electron chi connectivity index (χ1n) is 15.9. The first-order chi connectivity index (χ1) is 19.2. The Morgan fingerprint density at radius 3 is 2.59 bits per heavy atom. The molecule has 5 rings (SSSR count). The molecule has 1 aliphatic heterocycles. The summed E-state index contributed by atoms with van der Waals surface area (Å²) in [5.41, 5.74) is 8.35. The monoisotopic (exact) mass is 525 g/mol.